The number of aliphatic hydroxyl groups is 1. The Balaban J connectivity index is 1.47. The molecule has 2 aliphatic rings. The number of amides is 3. The summed E-state index contributed by atoms with van der Waals surface area (Å²) in [4.78, 5) is 51.7. The summed E-state index contributed by atoms with van der Waals surface area (Å²) in [6.45, 7) is 4.32. The molecular formula is C27H32N8O5. The molecule has 4 heterocycles. The molecule has 210 valence electrons. The number of nitrogens with two attached hydrogens (primary N) is 2. The van der Waals surface area contributed by atoms with E-state index in [1.54, 1.807) is 36.3 Å². The van der Waals surface area contributed by atoms with Gasteiger partial charge in [-0.2, -0.15) is 0 Å². The number of carbonyl (C=O) groups excluding carboxylic acids is 3. The monoisotopic (exact) mass is 548 g/mol. The highest BCUT2D eigenvalue weighted by Crippen LogP contribution is 2.32. The minimum absolute atomic E-state index is 0.00965. The van der Waals surface area contributed by atoms with E-state index >= 15 is 0 Å². The van der Waals surface area contributed by atoms with Gasteiger partial charge in [0.2, 0.25) is 5.91 Å². The number of anilines is 3. The van der Waals surface area contributed by atoms with Crippen LogP contribution in [0.25, 0.3) is 10.9 Å². The lowest BCUT2D eigenvalue weighted by molar-refractivity contribution is -0.129. The van der Waals surface area contributed by atoms with E-state index in [-0.39, 0.29) is 29.8 Å². The van der Waals surface area contributed by atoms with Crippen molar-refractivity contribution >= 4 is 45.9 Å². The van der Waals surface area contributed by atoms with Crippen LogP contribution in [0.2, 0.25) is 0 Å². The maximum absolute atomic E-state index is 13.6. The number of piperazine rings is 1. The van der Waals surface area contributed by atoms with Gasteiger partial charge in [0.15, 0.2) is 11.4 Å². The van der Waals surface area contributed by atoms with Gasteiger partial charge in [-0.3, -0.25) is 14.6 Å². The van der Waals surface area contributed by atoms with Crippen molar-refractivity contribution in [3.63, 3.8) is 0 Å². The van der Waals surface area contributed by atoms with E-state index in [1.807, 2.05) is 22.8 Å². The van der Waals surface area contributed by atoms with Crippen LogP contribution < -0.4 is 31.3 Å². The van der Waals surface area contributed by atoms with Gasteiger partial charge >= 0.3 is 6.09 Å². The first-order chi connectivity index (χ1) is 19.1. The number of ether oxygens (including phenoxy) is 1. The number of fused-ring (bicyclic) bond motifs is 1. The molecule has 0 bridgehead atoms. The molecule has 0 radical (unpaired) electrons. The molecule has 13 nitrogen and oxygen atoms in total. The number of nitrogens with zero attached hydrogens (tertiary/aromatic N) is 5. The van der Waals surface area contributed by atoms with Crippen molar-refractivity contribution in [1.29, 1.82) is 0 Å². The highest BCUT2D eigenvalue weighted by Gasteiger charge is 2.32. The van der Waals surface area contributed by atoms with Gasteiger partial charge in [0.25, 0.3) is 5.91 Å². The molecule has 6 N–H and O–H groups in total. The van der Waals surface area contributed by atoms with Gasteiger partial charge in [0.1, 0.15) is 0 Å². The van der Waals surface area contributed by atoms with Crippen molar-refractivity contribution in [3.8, 4) is 5.75 Å². The molecule has 40 heavy (non-hydrogen) atoms. The van der Waals surface area contributed by atoms with Gasteiger partial charge < -0.3 is 41.3 Å². The number of piperidine rings is 1. The molecule has 1 aromatic carbocycles. The van der Waals surface area contributed by atoms with Crippen molar-refractivity contribution in [1.82, 2.24) is 14.9 Å². The number of benzene rings is 1. The van der Waals surface area contributed by atoms with E-state index in [0.29, 0.717) is 48.5 Å². The summed E-state index contributed by atoms with van der Waals surface area (Å²) in [6.07, 6.45) is 1.40. The predicted molar refractivity (Wildman–Crippen MR) is 149 cm³/mol. The third-order valence-electron chi connectivity index (χ3n) is 7.36. The number of rotatable bonds is 5. The lowest BCUT2D eigenvalue weighted by atomic mass is 9.92. The van der Waals surface area contributed by atoms with Crippen molar-refractivity contribution in [2.45, 2.75) is 19.1 Å². The van der Waals surface area contributed by atoms with E-state index in [4.69, 9.17) is 16.2 Å². The van der Waals surface area contributed by atoms with Gasteiger partial charge in [0.05, 0.1) is 35.7 Å². The van der Waals surface area contributed by atoms with E-state index in [2.05, 4.69) is 15.3 Å². The summed E-state index contributed by atoms with van der Waals surface area (Å²) in [5.74, 6) is -0.803. The topological polar surface area (TPSA) is 180 Å². The SMILES string of the molecule is C[C@H]1CN(c2ccncc2NC(=O)c2nc3cc(N4CCN(C)C(=O)C4)ccc3cc2OC(N)=O)C[C@@H](N)[C@@H]1O. The molecule has 0 spiro atoms. The number of hydrogen-bond acceptors (Lipinski definition) is 10. The normalized spacial score (nSPS) is 21.4. The lowest BCUT2D eigenvalue weighted by Gasteiger charge is -2.40. The second kappa shape index (κ2) is 10.9. The number of carbonyl (C=O) groups is 3. The summed E-state index contributed by atoms with van der Waals surface area (Å²) in [6, 6.07) is 8.24. The van der Waals surface area contributed by atoms with Gasteiger partial charge in [-0.25, -0.2) is 9.78 Å². The Hall–Kier alpha value is -4.49. The second-order valence-corrected chi connectivity index (χ2v) is 10.3. The number of hydrogen-bond donors (Lipinski definition) is 4. The van der Waals surface area contributed by atoms with Crippen molar-refractivity contribution in [2.75, 3.05) is 54.9 Å². The van der Waals surface area contributed by atoms with E-state index in [9.17, 15) is 19.5 Å². The lowest BCUT2D eigenvalue weighted by Crippen LogP contribution is -2.55. The third kappa shape index (κ3) is 5.46. The molecule has 3 atom stereocenters. The Kier molecular flexibility index (Phi) is 7.41. The Morgan fingerprint density at radius 3 is 2.67 bits per heavy atom. The summed E-state index contributed by atoms with van der Waals surface area (Å²) in [7, 11) is 1.77. The third-order valence-corrected chi connectivity index (χ3v) is 7.36. The summed E-state index contributed by atoms with van der Waals surface area (Å²) in [5, 5.41) is 13.7. The smallest absolute Gasteiger partial charge is 0.408 e. The Morgan fingerprint density at radius 1 is 1.15 bits per heavy atom. The first-order valence-corrected chi connectivity index (χ1v) is 13.0. The van der Waals surface area contributed by atoms with Crippen LogP contribution in [-0.2, 0) is 4.79 Å². The maximum atomic E-state index is 13.6. The average molecular weight is 549 g/mol. The fourth-order valence-corrected chi connectivity index (χ4v) is 5.11. The molecule has 5 rings (SSSR count). The van der Waals surface area contributed by atoms with Crippen molar-refractivity contribution in [2.24, 2.45) is 17.4 Å². The number of likely N-dealkylation sites (N-methyl/N-ethyl adjacent to an activating group) is 1. The molecule has 13 heteroatoms. The highest BCUT2D eigenvalue weighted by atomic mass is 16.5. The molecule has 0 aliphatic carbocycles. The minimum atomic E-state index is -1.08. The van der Waals surface area contributed by atoms with Crippen LogP contribution in [0.5, 0.6) is 5.75 Å². The standard InChI is InChI=1S/C27H32N8O5/c1-15-12-35(13-18(28)25(15)37)21-5-6-30-11-20(21)32-26(38)24-22(40-27(29)39)9-16-3-4-17(10-19(16)31-24)34-8-7-33(2)23(36)14-34/h3-6,9-11,15,18,25,37H,7-8,12-14,28H2,1-2H3,(H2,29,39)(H,32,38)/t15-,18+,25+/m0/s1. The molecule has 2 aliphatic heterocycles. The molecule has 0 saturated carbocycles. The summed E-state index contributed by atoms with van der Waals surface area (Å²) in [5.41, 5.74) is 13.6. The summed E-state index contributed by atoms with van der Waals surface area (Å²) < 4.78 is 5.16. The van der Waals surface area contributed by atoms with Crippen molar-refractivity contribution in [3.05, 3.63) is 48.4 Å². The Labute approximate surface area is 230 Å². The largest absolute Gasteiger partial charge is 0.410 e. The highest BCUT2D eigenvalue weighted by molar-refractivity contribution is 6.08. The van der Waals surface area contributed by atoms with Crippen LogP contribution in [0.15, 0.2) is 42.7 Å². The van der Waals surface area contributed by atoms with E-state index in [1.165, 1.54) is 12.3 Å². The number of nitrogens with one attached hydrogen (secondary N) is 1. The quantitative estimate of drug-likeness (QED) is 0.355. The van der Waals surface area contributed by atoms with Crippen LogP contribution >= 0.6 is 0 Å². The molecule has 3 aromatic rings. The van der Waals surface area contributed by atoms with Crippen LogP contribution in [0.4, 0.5) is 21.9 Å². The molecule has 2 fully saturated rings. The maximum Gasteiger partial charge on any atom is 0.410 e. The first kappa shape index (κ1) is 27.1. The van der Waals surface area contributed by atoms with Crippen molar-refractivity contribution < 1.29 is 24.2 Å². The second-order valence-electron chi connectivity index (χ2n) is 10.3. The molecule has 0 unspecified atom stereocenters. The zero-order valence-corrected chi connectivity index (χ0v) is 22.3. The van der Waals surface area contributed by atoms with E-state index < -0.39 is 24.1 Å². The Bertz CT molecular complexity index is 1450. The first-order valence-electron chi connectivity index (χ1n) is 13.0. The van der Waals surface area contributed by atoms with Crippen LogP contribution in [0, 0.1) is 5.92 Å². The van der Waals surface area contributed by atoms with Gasteiger partial charge in [-0.15, -0.1) is 0 Å². The number of primary amides is 1. The number of aromatic nitrogens is 2. The fourth-order valence-electron chi connectivity index (χ4n) is 5.11. The van der Waals surface area contributed by atoms with E-state index in [0.717, 1.165) is 5.69 Å². The molecule has 2 saturated heterocycles. The van der Waals surface area contributed by atoms with Gasteiger partial charge in [-0.05, 0) is 24.3 Å². The predicted octanol–water partition coefficient (Wildman–Crippen LogP) is 0.762. The average Bonchev–Trinajstić information content (AvgIpc) is 2.92. The fraction of sp³-hybridized carbons (Fsp3) is 0.370. The molecular weight excluding hydrogens is 516 g/mol. The summed E-state index contributed by atoms with van der Waals surface area (Å²) >= 11 is 0. The Morgan fingerprint density at radius 2 is 1.95 bits per heavy atom. The zero-order valence-electron chi connectivity index (χ0n) is 22.3. The van der Waals surface area contributed by atoms with Gasteiger partial charge in [-0.1, -0.05) is 13.0 Å². The number of aliphatic hydroxyl groups excluding tert-OH is 1. The minimum Gasteiger partial charge on any atom is -0.408 e. The van der Waals surface area contributed by atoms with Crippen LogP contribution in [0.1, 0.15) is 17.4 Å². The number of pyridine rings is 2. The van der Waals surface area contributed by atoms with Gasteiger partial charge in [0, 0.05) is 62.5 Å². The zero-order chi connectivity index (χ0) is 28.6. The van der Waals surface area contributed by atoms with Crippen LogP contribution in [0.3, 0.4) is 0 Å². The van der Waals surface area contributed by atoms with Crippen LogP contribution in [-0.4, -0.2) is 89.8 Å². The molecule has 3 amide bonds. The molecule has 2 aromatic heterocycles.